The van der Waals surface area contributed by atoms with E-state index < -0.39 is 5.97 Å². The minimum Gasteiger partial charge on any atom is -0.508 e. The number of halogens is 1. The number of benzene rings is 1. The molecule has 13 heavy (non-hydrogen) atoms. The Morgan fingerprint density at radius 1 is 1.54 bits per heavy atom. The van der Waals surface area contributed by atoms with Gasteiger partial charge in [-0.15, -0.1) is 0 Å². The number of phenols is 1. The summed E-state index contributed by atoms with van der Waals surface area (Å²) in [5.74, 6) is -0.523. The number of aromatic hydroxyl groups is 1. The van der Waals surface area contributed by atoms with Gasteiger partial charge >= 0.3 is 5.97 Å². The lowest BCUT2D eigenvalue weighted by molar-refractivity contribution is 0.0600. The average Bonchev–Trinajstić information content (AvgIpc) is 2.12. The minimum absolute atomic E-state index is 0.00657. The summed E-state index contributed by atoms with van der Waals surface area (Å²) in [4.78, 5) is 11.0. The molecule has 0 aliphatic carbocycles. The third kappa shape index (κ3) is 1.92. The van der Waals surface area contributed by atoms with E-state index in [9.17, 15) is 9.90 Å². The highest BCUT2D eigenvalue weighted by Gasteiger charge is 2.10. The zero-order chi connectivity index (χ0) is 10.0. The molecule has 0 bridgehead atoms. The molecular formula is C9H9ClO3. The predicted molar refractivity (Wildman–Crippen MR) is 49.2 cm³/mol. The summed E-state index contributed by atoms with van der Waals surface area (Å²) >= 11 is 5.75. The molecule has 3 nitrogen and oxygen atoms in total. The van der Waals surface area contributed by atoms with Gasteiger partial charge in [-0.05, 0) is 19.1 Å². The van der Waals surface area contributed by atoms with Crippen molar-refractivity contribution in [1.29, 1.82) is 0 Å². The largest absolute Gasteiger partial charge is 0.508 e. The first-order valence-corrected chi connectivity index (χ1v) is 4.01. The Balaban J connectivity index is 3.20. The second kappa shape index (κ2) is 3.66. The monoisotopic (exact) mass is 200 g/mol. The first kappa shape index (κ1) is 9.86. The predicted octanol–water partition coefficient (Wildman–Crippen LogP) is 2.14. The van der Waals surface area contributed by atoms with Gasteiger partial charge in [0.05, 0.1) is 12.7 Å². The Bertz CT molecular complexity index is 324. The van der Waals surface area contributed by atoms with Gasteiger partial charge < -0.3 is 9.84 Å². The lowest BCUT2D eigenvalue weighted by atomic mass is 10.1. The molecule has 1 aromatic carbocycles. The van der Waals surface area contributed by atoms with E-state index in [1.165, 1.54) is 19.2 Å². The summed E-state index contributed by atoms with van der Waals surface area (Å²) in [7, 11) is 1.27. The number of esters is 1. The maximum atomic E-state index is 11.0. The maximum absolute atomic E-state index is 11.0. The smallest absolute Gasteiger partial charge is 0.338 e. The van der Waals surface area contributed by atoms with Crippen LogP contribution in [0, 0.1) is 6.92 Å². The number of phenolic OH excluding ortho intramolecular Hbond substituents is 1. The standard InChI is InChI=1S/C9H9ClO3/c1-5-7(10)3-6(4-8(5)11)9(12)13-2/h3-4,11H,1-2H3. The van der Waals surface area contributed by atoms with E-state index in [4.69, 9.17) is 11.6 Å². The summed E-state index contributed by atoms with van der Waals surface area (Å²) < 4.78 is 4.48. The first-order chi connectivity index (χ1) is 6.06. The van der Waals surface area contributed by atoms with E-state index in [2.05, 4.69) is 4.74 Å². The molecule has 1 aromatic rings. The highest BCUT2D eigenvalue weighted by Crippen LogP contribution is 2.26. The van der Waals surface area contributed by atoms with E-state index >= 15 is 0 Å². The summed E-state index contributed by atoms with van der Waals surface area (Å²) in [5.41, 5.74) is 0.796. The highest BCUT2D eigenvalue weighted by molar-refractivity contribution is 6.31. The number of hydrogen-bond donors (Lipinski definition) is 1. The van der Waals surface area contributed by atoms with E-state index in [0.717, 1.165) is 0 Å². The number of hydrogen-bond acceptors (Lipinski definition) is 3. The van der Waals surface area contributed by atoms with E-state index in [1.807, 2.05) is 0 Å². The van der Waals surface area contributed by atoms with E-state index in [0.29, 0.717) is 10.6 Å². The Morgan fingerprint density at radius 3 is 2.62 bits per heavy atom. The van der Waals surface area contributed by atoms with Crippen LogP contribution in [0.3, 0.4) is 0 Å². The fourth-order valence-electron chi connectivity index (χ4n) is 0.900. The van der Waals surface area contributed by atoms with Crippen molar-refractivity contribution in [3.8, 4) is 5.75 Å². The Morgan fingerprint density at radius 2 is 2.15 bits per heavy atom. The van der Waals surface area contributed by atoms with Gasteiger partial charge in [-0.2, -0.15) is 0 Å². The molecule has 0 saturated carbocycles. The molecule has 0 unspecified atom stereocenters. The van der Waals surface area contributed by atoms with Crippen molar-refractivity contribution in [3.63, 3.8) is 0 Å². The summed E-state index contributed by atoms with van der Waals surface area (Å²) in [6, 6.07) is 2.79. The zero-order valence-corrected chi connectivity index (χ0v) is 8.05. The summed E-state index contributed by atoms with van der Waals surface area (Å²) in [6.07, 6.45) is 0. The van der Waals surface area contributed by atoms with Crippen molar-refractivity contribution >= 4 is 17.6 Å². The van der Waals surface area contributed by atoms with Gasteiger partial charge in [0.25, 0.3) is 0 Å². The second-order valence-electron chi connectivity index (χ2n) is 2.59. The summed E-state index contributed by atoms with van der Waals surface area (Å²) in [5, 5.41) is 9.68. The van der Waals surface area contributed by atoms with Crippen molar-refractivity contribution in [2.45, 2.75) is 6.92 Å². The van der Waals surface area contributed by atoms with Crippen molar-refractivity contribution in [2.75, 3.05) is 7.11 Å². The van der Waals surface area contributed by atoms with Crippen LogP contribution in [0.1, 0.15) is 15.9 Å². The molecule has 0 saturated heterocycles. The second-order valence-corrected chi connectivity index (χ2v) is 3.00. The molecule has 0 fully saturated rings. The molecule has 0 aliphatic heterocycles. The lowest BCUT2D eigenvalue weighted by Crippen LogP contribution is -2.01. The van der Waals surface area contributed by atoms with Crippen molar-refractivity contribution in [3.05, 3.63) is 28.3 Å². The molecule has 0 heterocycles. The van der Waals surface area contributed by atoms with Crippen LogP contribution in [0.4, 0.5) is 0 Å². The Labute approximate surface area is 80.9 Å². The van der Waals surface area contributed by atoms with Crippen LogP contribution in [-0.4, -0.2) is 18.2 Å². The molecular weight excluding hydrogens is 192 g/mol. The Kier molecular flexibility index (Phi) is 2.78. The highest BCUT2D eigenvalue weighted by atomic mass is 35.5. The van der Waals surface area contributed by atoms with Crippen molar-refractivity contribution < 1.29 is 14.6 Å². The lowest BCUT2D eigenvalue weighted by Gasteiger charge is -2.04. The summed E-state index contributed by atoms with van der Waals surface area (Å²) in [6.45, 7) is 1.67. The van der Waals surface area contributed by atoms with E-state index in [1.54, 1.807) is 6.92 Å². The first-order valence-electron chi connectivity index (χ1n) is 3.63. The number of ether oxygens (including phenoxy) is 1. The topological polar surface area (TPSA) is 46.5 Å². The van der Waals surface area contributed by atoms with Gasteiger partial charge in [0.15, 0.2) is 0 Å². The molecule has 70 valence electrons. The third-order valence-corrected chi connectivity index (χ3v) is 2.13. The minimum atomic E-state index is -0.516. The number of carbonyl (C=O) groups excluding carboxylic acids is 1. The molecule has 0 aliphatic rings. The van der Waals surface area contributed by atoms with Crippen molar-refractivity contribution in [2.24, 2.45) is 0 Å². The fourth-order valence-corrected chi connectivity index (χ4v) is 1.11. The Hall–Kier alpha value is -1.22. The molecule has 0 aromatic heterocycles. The SMILES string of the molecule is COC(=O)c1cc(O)c(C)c(Cl)c1. The van der Waals surface area contributed by atoms with Crippen LogP contribution >= 0.6 is 11.6 Å². The van der Waals surface area contributed by atoms with Crippen LogP contribution < -0.4 is 0 Å². The van der Waals surface area contributed by atoms with Crippen LogP contribution in [0.2, 0.25) is 5.02 Å². The van der Waals surface area contributed by atoms with Crippen molar-refractivity contribution in [1.82, 2.24) is 0 Å². The molecule has 0 atom stereocenters. The van der Waals surface area contributed by atoms with Crippen LogP contribution in [0.25, 0.3) is 0 Å². The maximum Gasteiger partial charge on any atom is 0.338 e. The fraction of sp³-hybridized carbons (Fsp3) is 0.222. The molecule has 0 radical (unpaired) electrons. The zero-order valence-electron chi connectivity index (χ0n) is 7.30. The molecule has 0 spiro atoms. The van der Waals surface area contributed by atoms with Gasteiger partial charge in [0.2, 0.25) is 0 Å². The van der Waals surface area contributed by atoms with Gasteiger partial charge in [0, 0.05) is 10.6 Å². The molecule has 4 heteroatoms. The van der Waals surface area contributed by atoms with Gasteiger partial charge in [0.1, 0.15) is 5.75 Å². The van der Waals surface area contributed by atoms with E-state index in [-0.39, 0.29) is 11.3 Å². The molecule has 1 N–H and O–H groups in total. The van der Waals surface area contributed by atoms with Crippen LogP contribution in [-0.2, 0) is 4.74 Å². The number of carbonyl (C=O) groups is 1. The van der Waals surface area contributed by atoms with Gasteiger partial charge in [-0.1, -0.05) is 11.6 Å². The van der Waals surface area contributed by atoms with Gasteiger partial charge in [-0.3, -0.25) is 0 Å². The molecule has 0 amide bonds. The average molecular weight is 201 g/mol. The number of rotatable bonds is 1. The van der Waals surface area contributed by atoms with Crippen LogP contribution in [0.15, 0.2) is 12.1 Å². The third-order valence-electron chi connectivity index (χ3n) is 1.74. The molecule has 1 rings (SSSR count). The van der Waals surface area contributed by atoms with Gasteiger partial charge in [-0.25, -0.2) is 4.79 Å². The van der Waals surface area contributed by atoms with Crippen LogP contribution in [0.5, 0.6) is 5.75 Å². The quantitative estimate of drug-likeness (QED) is 0.707. The normalized spacial score (nSPS) is 9.77. The number of methoxy groups -OCH3 is 1.